The zero-order chi connectivity index (χ0) is 34.1. The average molecular weight is 681 g/mol. The van der Waals surface area contributed by atoms with Crippen molar-refractivity contribution in [2.75, 3.05) is 0 Å². The van der Waals surface area contributed by atoms with Crippen LogP contribution in [0.15, 0.2) is 126 Å². The van der Waals surface area contributed by atoms with Crippen LogP contribution in [-0.2, 0) is 6.42 Å². The lowest BCUT2D eigenvalue weighted by Gasteiger charge is -2.36. The number of ether oxygens (including phenoxy) is 2. The van der Waals surface area contributed by atoms with Gasteiger partial charge in [-0.15, -0.1) is 0 Å². The van der Waals surface area contributed by atoms with Gasteiger partial charge >= 0.3 is 0 Å². The van der Waals surface area contributed by atoms with E-state index in [0.717, 1.165) is 68.0 Å². The molecule has 0 saturated heterocycles. The number of para-hydroxylation sites is 2. The highest BCUT2D eigenvalue weighted by Crippen LogP contribution is 2.54. The Balaban J connectivity index is 1.16. The van der Waals surface area contributed by atoms with E-state index in [2.05, 4.69) is 118 Å². The van der Waals surface area contributed by atoms with Gasteiger partial charge in [-0.25, -0.2) is 0 Å². The third-order valence-corrected chi connectivity index (χ3v) is 13.4. The molecule has 3 aromatic heterocycles. The van der Waals surface area contributed by atoms with Crippen LogP contribution in [0.3, 0.4) is 0 Å². The maximum Gasteiger partial charge on any atom is 0.259 e. The van der Waals surface area contributed by atoms with E-state index in [1.807, 2.05) is 0 Å². The molecule has 5 heteroatoms. The molecule has 4 aliphatic carbocycles. The second-order valence-electron chi connectivity index (χ2n) is 15.9. The quantitative estimate of drug-likeness (QED) is 0.162. The summed E-state index contributed by atoms with van der Waals surface area (Å²) in [7, 11) is 0. The Kier molecular flexibility index (Phi) is 4.98. The number of benzene rings is 4. The fourth-order valence-electron chi connectivity index (χ4n) is 11.4. The summed E-state index contributed by atoms with van der Waals surface area (Å²) >= 11 is 0. The van der Waals surface area contributed by atoms with E-state index in [0.29, 0.717) is 6.04 Å². The van der Waals surface area contributed by atoms with Gasteiger partial charge in [0.15, 0.2) is 0 Å². The van der Waals surface area contributed by atoms with E-state index < -0.39 is 0 Å². The van der Waals surface area contributed by atoms with E-state index in [1.165, 1.54) is 98.6 Å². The smallest absolute Gasteiger partial charge is 0.259 e. The van der Waals surface area contributed by atoms with Gasteiger partial charge in [-0.1, -0.05) is 85.0 Å². The monoisotopic (exact) mass is 680 g/mol. The first-order valence-corrected chi connectivity index (χ1v) is 19.5. The molecule has 7 aliphatic rings. The predicted octanol–water partition coefficient (Wildman–Crippen LogP) is 10.1. The van der Waals surface area contributed by atoms with Gasteiger partial charge in [-0.05, 0) is 84.0 Å². The highest BCUT2D eigenvalue weighted by molar-refractivity contribution is 6.89. The SMILES string of the molecule is C1=CCC2C(=C1)c1cccc3c4c(-c5cc6c7c(c5)OC5=C(C=CCC5)B7C5=C(CCC=C5)O6)c5c6c7c(c8ccccc8n7c5cc4n2c13)=CCC6. The minimum atomic E-state index is 0.147. The van der Waals surface area contributed by atoms with Crippen molar-refractivity contribution in [2.45, 2.75) is 51.0 Å². The summed E-state index contributed by atoms with van der Waals surface area (Å²) in [5.41, 5.74) is 17.2. The van der Waals surface area contributed by atoms with Crippen LogP contribution in [0.1, 0.15) is 55.7 Å². The first-order valence-electron chi connectivity index (χ1n) is 19.5. The summed E-state index contributed by atoms with van der Waals surface area (Å²) in [5.74, 6) is 4.15. The first-order chi connectivity index (χ1) is 26.3. The Morgan fingerprint density at radius 1 is 0.698 bits per heavy atom. The van der Waals surface area contributed by atoms with Crippen molar-refractivity contribution in [3.8, 4) is 22.6 Å². The van der Waals surface area contributed by atoms with E-state index in [4.69, 9.17) is 9.47 Å². The standard InChI is InChI=1S/C48H33BN2O2/c1-5-19-35-27(11-1)29-13-9-15-31-44-37(50(35)47(29)31)25-38-45(32-16-10-14-30-28-12-2-6-20-36(28)51(38)48(30)32)43(44)26-23-41-46-42(24-26)53-40-22-8-4-18-34(40)49(46)33-17-3-7-21-39(33)52-41/h1-6,9,11-15,17-18,20,23-25,35H,7-8,10,16,19,21-22H2. The molecule has 0 amide bonds. The lowest BCUT2D eigenvalue weighted by molar-refractivity contribution is 0.380. The van der Waals surface area contributed by atoms with Crippen LogP contribution in [-0.4, -0.2) is 15.7 Å². The van der Waals surface area contributed by atoms with E-state index in [9.17, 15) is 0 Å². The summed E-state index contributed by atoms with van der Waals surface area (Å²) in [6, 6.07) is 23.6. The molecule has 3 aliphatic heterocycles. The molecule has 1 atom stereocenters. The second kappa shape index (κ2) is 9.53. The van der Waals surface area contributed by atoms with Crippen molar-refractivity contribution >= 4 is 73.0 Å². The van der Waals surface area contributed by atoms with Crippen LogP contribution in [0.25, 0.3) is 71.9 Å². The molecule has 4 aromatic carbocycles. The maximum absolute atomic E-state index is 7.00. The van der Waals surface area contributed by atoms with Gasteiger partial charge in [0, 0.05) is 56.2 Å². The number of aromatic nitrogens is 2. The minimum Gasteiger partial charge on any atom is -0.463 e. The van der Waals surface area contributed by atoms with Crippen LogP contribution >= 0.6 is 0 Å². The number of nitrogens with zero attached hydrogens (tertiary/aromatic N) is 2. The number of aryl methyl sites for hydroxylation is 1. The minimum absolute atomic E-state index is 0.147. The van der Waals surface area contributed by atoms with Crippen molar-refractivity contribution < 1.29 is 9.47 Å². The number of rotatable bonds is 1. The number of hydrogen-bond donors (Lipinski definition) is 0. The first kappa shape index (κ1) is 27.7. The van der Waals surface area contributed by atoms with Gasteiger partial charge in [-0.2, -0.15) is 0 Å². The summed E-state index contributed by atoms with van der Waals surface area (Å²) < 4.78 is 19.3. The molecule has 0 bridgehead atoms. The fraction of sp³-hybridized carbons (Fsp3) is 0.167. The molecule has 0 radical (unpaired) electrons. The van der Waals surface area contributed by atoms with Gasteiger partial charge in [0.05, 0.1) is 45.1 Å². The van der Waals surface area contributed by atoms with E-state index in [1.54, 1.807) is 0 Å². The maximum atomic E-state index is 7.00. The van der Waals surface area contributed by atoms with Gasteiger partial charge in [0.2, 0.25) is 0 Å². The molecule has 0 spiro atoms. The van der Waals surface area contributed by atoms with Crippen molar-refractivity contribution in [1.82, 2.24) is 8.97 Å². The summed E-state index contributed by atoms with van der Waals surface area (Å²) in [6.45, 7) is 0.147. The van der Waals surface area contributed by atoms with Crippen LogP contribution in [0.4, 0.5) is 0 Å². The molecular weight excluding hydrogens is 647 g/mol. The Hall–Kier alpha value is -5.94. The molecule has 4 nitrogen and oxygen atoms in total. The Labute approximate surface area is 306 Å². The molecule has 0 saturated carbocycles. The predicted molar refractivity (Wildman–Crippen MR) is 217 cm³/mol. The van der Waals surface area contributed by atoms with Gasteiger partial charge in [0.25, 0.3) is 6.71 Å². The van der Waals surface area contributed by atoms with Crippen LogP contribution < -0.4 is 20.2 Å². The molecule has 53 heavy (non-hydrogen) atoms. The van der Waals surface area contributed by atoms with Crippen LogP contribution in [0, 0.1) is 0 Å². The summed E-state index contributed by atoms with van der Waals surface area (Å²) in [6.07, 6.45) is 25.6. The fourth-order valence-corrected chi connectivity index (χ4v) is 11.4. The third kappa shape index (κ3) is 3.24. The third-order valence-electron chi connectivity index (χ3n) is 13.4. The molecular formula is C48H33BN2O2. The lowest BCUT2D eigenvalue weighted by Crippen LogP contribution is -2.45. The van der Waals surface area contributed by atoms with Crippen molar-refractivity contribution in [1.29, 1.82) is 0 Å². The Bertz CT molecular complexity index is 3150. The van der Waals surface area contributed by atoms with Crippen molar-refractivity contribution in [2.24, 2.45) is 0 Å². The number of allylic oxidation sites excluding steroid dienone is 12. The highest BCUT2D eigenvalue weighted by Gasteiger charge is 2.43. The summed E-state index contributed by atoms with van der Waals surface area (Å²) in [4.78, 5) is 0. The highest BCUT2D eigenvalue weighted by atomic mass is 16.5. The van der Waals surface area contributed by atoms with Crippen LogP contribution in [0.5, 0.6) is 11.5 Å². The van der Waals surface area contributed by atoms with Crippen LogP contribution in [0.2, 0.25) is 0 Å². The van der Waals surface area contributed by atoms with Crippen molar-refractivity contribution in [3.05, 3.63) is 142 Å². The largest absolute Gasteiger partial charge is 0.463 e. The Morgan fingerprint density at radius 2 is 1.49 bits per heavy atom. The Morgan fingerprint density at radius 3 is 2.32 bits per heavy atom. The van der Waals surface area contributed by atoms with Crippen molar-refractivity contribution in [3.63, 3.8) is 0 Å². The molecule has 14 rings (SSSR count). The average Bonchev–Trinajstić information content (AvgIpc) is 3.94. The molecule has 1 unspecified atom stereocenters. The van der Waals surface area contributed by atoms with E-state index >= 15 is 0 Å². The zero-order valence-electron chi connectivity index (χ0n) is 29.2. The molecule has 0 fully saturated rings. The summed E-state index contributed by atoms with van der Waals surface area (Å²) in [5, 5.41) is 6.81. The molecule has 6 heterocycles. The molecule has 7 aromatic rings. The number of hydrogen-bond acceptors (Lipinski definition) is 2. The second-order valence-corrected chi connectivity index (χ2v) is 15.9. The van der Waals surface area contributed by atoms with Gasteiger partial charge in [-0.3, -0.25) is 0 Å². The topological polar surface area (TPSA) is 27.8 Å². The normalized spacial score (nSPS) is 20.3. The van der Waals surface area contributed by atoms with Gasteiger partial charge < -0.3 is 18.4 Å². The molecule has 250 valence electrons. The zero-order valence-corrected chi connectivity index (χ0v) is 29.2. The number of fused-ring (bicyclic) bond motifs is 14. The lowest BCUT2D eigenvalue weighted by atomic mass is 9.33. The molecule has 0 N–H and O–H groups in total. The van der Waals surface area contributed by atoms with E-state index in [-0.39, 0.29) is 6.71 Å². The van der Waals surface area contributed by atoms with Gasteiger partial charge in [0.1, 0.15) is 11.5 Å².